The monoisotopic (exact) mass is 437 g/mol. The Bertz CT molecular complexity index is 1540. The highest BCUT2D eigenvalue weighted by molar-refractivity contribution is 6.13. The fourth-order valence-corrected chi connectivity index (χ4v) is 3.83. The Hall–Kier alpha value is -4.73. The van der Waals surface area contributed by atoms with Gasteiger partial charge in [0.05, 0.1) is 23.6 Å². The minimum Gasteiger partial charge on any atom is -0.350 e. The van der Waals surface area contributed by atoms with Gasteiger partial charge >= 0.3 is 0 Å². The molecule has 0 aliphatic carbocycles. The zero-order chi connectivity index (χ0) is 22.2. The third kappa shape index (κ3) is 3.74. The number of rotatable bonds is 4. The van der Waals surface area contributed by atoms with Crippen molar-refractivity contribution < 1.29 is 4.79 Å². The zero-order valence-corrected chi connectivity index (χ0v) is 17.4. The predicted octanol–water partition coefficient (Wildman–Crippen LogP) is 3.68. The second kappa shape index (κ2) is 7.75. The van der Waals surface area contributed by atoms with E-state index in [4.69, 9.17) is 4.99 Å². The molecule has 0 spiro atoms. The molecule has 0 atom stereocenters. The van der Waals surface area contributed by atoms with Crippen LogP contribution in [0, 0.1) is 0 Å². The van der Waals surface area contributed by atoms with E-state index in [1.807, 2.05) is 42.5 Å². The fourth-order valence-electron chi connectivity index (χ4n) is 3.83. The summed E-state index contributed by atoms with van der Waals surface area (Å²) in [6.07, 6.45) is 5.70. The molecule has 5 aromatic rings. The normalized spacial score (nSPS) is 13.7. The number of anilines is 2. The van der Waals surface area contributed by atoms with E-state index in [1.165, 1.54) is 0 Å². The SMILES string of the molecule is O=C(Nc1cn[nH]c1)c1cc2ccc(C3=NCCC(Nc4ccc5[nH]ncc5c4)=N3)cc2[nH]1. The number of nitrogens with one attached hydrogen (secondary N) is 5. The molecule has 0 bridgehead atoms. The van der Waals surface area contributed by atoms with Gasteiger partial charge in [-0.15, -0.1) is 0 Å². The Morgan fingerprint density at radius 1 is 0.939 bits per heavy atom. The molecule has 5 N–H and O–H groups in total. The quantitative estimate of drug-likeness (QED) is 0.293. The number of amidine groups is 2. The average molecular weight is 437 g/mol. The number of fused-ring (bicyclic) bond motifs is 2. The number of benzene rings is 2. The van der Waals surface area contributed by atoms with Crippen LogP contribution in [0.1, 0.15) is 22.5 Å². The zero-order valence-electron chi connectivity index (χ0n) is 17.4. The van der Waals surface area contributed by atoms with Crippen molar-refractivity contribution in [2.45, 2.75) is 6.42 Å². The molecule has 6 rings (SSSR count). The molecule has 1 amide bonds. The largest absolute Gasteiger partial charge is 0.350 e. The summed E-state index contributed by atoms with van der Waals surface area (Å²) in [4.78, 5) is 25.0. The Balaban J connectivity index is 1.23. The molecule has 0 fully saturated rings. The van der Waals surface area contributed by atoms with Gasteiger partial charge < -0.3 is 15.6 Å². The highest BCUT2D eigenvalue weighted by atomic mass is 16.1. The van der Waals surface area contributed by atoms with Crippen LogP contribution in [0.4, 0.5) is 11.4 Å². The van der Waals surface area contributed by atoms with Crippen LogP contribution in [0.15, 0.2) is 71.0 Å². The van der Waals surface area contributed by atoms with Gasteiger partial charge in [0.1, 0.15) is 11.5 Å². The maximum absolute atomic E-state index is 12.5. The summed E-state index contributed by atoms with van der Waals surface area (Å²) >= 11 is 0. The lowest BCUT2D eigenvalue weighted by atomic mass is 10.1. The number of hydrogen-bond donors (Lipinski definition) is 5. The standard InChI is InChI=1S/C23H19N9O/c33-23(29-17-11-25-26-12-17)20-8-13-1-2-14(9-19(13)30-20)22-24-6-5-21(31-22)28-16-3-4-18-15(7-16)10-27-32-18/h1-4,7-12,30H,5-6H2,(H,25,26)(H,27,32)(H,29,33)(H,24,28,31). The Kier molecular flexibility index (Phi) is 4.46. The van der Waals surface area contributed by atoms with Crippen LogP contribution >= 0.6 is 0 Å². The van der Waals surface area contributed by atoms with Crippen LogP contribution in [-0.4, -0.2) is 49.5 Å². The molecular formula is C23H19N9O. The van der Waals surface area contributed by atoms with Gasteiger partial charge in [-0.3, -0.25) is 20.0 Å². The molecule has 0 unspecified atom stereocenters. The minimum atomic E-state index is -0.233. The van der Waals surface area contributed by atoms with Crippen LogP contribution in [0.25, 0.3) is 21.8 Å². The van der Waals surface area contributed by atoms with Gasteiger partial charge in [0.25, 0.3) is 5.91 Å². The third-order valence-corrected chi connectivity index (χ3v) is 5.46. The van der Waals surface area contributed by atoms with Crippen LogP contribution in [-0.2, 0) is 0 Å². The van der Waals surface area contributed by atoms with Crippen LogP contribution in [0.5, 0.6) is 0 Å². The summed E-state index contributed by atoms with van der Waals surface area (Å²) < 4.78 is 0. The smallest absolute Gasteiger partial charge is 0.272 e. The first kappa shape index (κ1) is 19.0. The number of aromatic amines is 3. The van der Waals surface area contributed by atoms with Gasteiger partial charge in [-0.2, -0.15) is 10.2 Å². The molecule has 0 saturated heterocycles. The summed E-state index contributed by atoms with van der Waals surface area (Å²) in [5.74, 6) is 1.28. The van der Waals surface area contributed by atoms with E-state index in [0.717, 1.165) is 45.3 Å². The van der Waals surface area contributed by atoms with Gasteiger partial charge in [0.2, 0.25) is 0 Å². The van der Waals surface area contributed by atoms with E-state index >= 15 is 0 Å². The topological polar surface area (TPSA) is 139 Å². The van der Waals surface area contributed by atoms with Gasteiger partial charge in [0, 0.05) is 46.7 Å². The first-order valence-electron chi connectivity index (χ1n) is 10.5. The van der Waals surface area contributed by atoms with Crippen LogP contribution in [0.2, 0.25) is 0 Å². The first-order valence-corrected chi connectivity index (χ1v) is 10.5. The van der Waals surface area contributed by atoms with Crippen molar-refractivity contribution in [2.75, 3.05) is 17.2 Å². The van der Waals surface area contributed by atoms with Crippen molar-refractivity contribution in [1.82, 2.24) is 25.4 Å². The van der Waals surface area contributed by atoms with E-state index in [-0.39, 0.29) is 5.91 Å². The highest BCUT2D eigenvalue weighted by Crippen LogP contribution is 2.21. The summed E-state index contributed by atoms with van der Waals surface area (Å²) in [6.45, 7) is 0.649. The summed E-state index contributed by atoms with van der Waals surface area (Å²) in [5, 5.41) is 21.7. The van der Waals surface area contributed by atoms with Crippen molar-refractivity contribution in [1.29, 1.82) is 0 Å². The van der Waals surface area contributed by atoms with Crippen molar-refractivity contribution in [3.63, 3.8) is 0 Å². The van der Waals surface area contributed by atoms with Gasteiger partial charge in [-0.1, -0.05) is 12.1 Å². The average Bonchev–Trinajstić information content (AvgIpc) is 3.59. The van der Waals surface area contributed by atoms with Crippen LogP contribution in [0.3, 0.4) is 0 Å². The second-order valence-electron chi connectivity index (χ2n) is 7.74. The summed E-state index contributed by atoms with van der Waals surface area (Å²) in [6, 6.07) is 13.7. The number of carbonyl (C=O) groups is 1. The molecule has 1 aliphatic rings. The van der Waals surface area contributed by atoms with E-state index in [0.29, 0.717) is 23.8 Å². The Morgan fingerprint density at radius 3 is 2.82 bits per heavy atom. The maximum Gasteiger partial charge on any atom is 0.272 e. The van der Waals surface area contributed by atoms with Crippen LogP contribution < -0.4 is 10.6 Å². The van der Waals surface area contributed by atoms with E-state index in [2.05, 4.69) is 41.0 Å². The van der Waals surface area contributed by atoms with Gasteiger partial charge in [0.15, 0.2) is 5.84 Å². The van der Waals surface area contributed by atoms with Gasteiger partial charge in [-0.25, -0.2) is 4.99 Å². The lowest BCUT2D eigenvalue weighted by Gasteiger charge is -2.14. The number of H-pyrrole nitrogens is 3. The predicted molar refractivity (Wildman–Crippen MR) is 128 cm³/mol. The fraction of sp³-hybridized carbons (Fsp3) is 0.0870. The Labute approximate surface area is 187 Å². The molecule has 3 aromatic heterocycles. The number of aromatic nitrogens is 5. The molecule has 4 heterocycles. The third-order valence-electron chi connectivity index (χ3n) is 5.46. The highest BCUT2D eigenvalue weighted by Gasteiger charge is 2.14. The first-order chi connectivity index (χ1) is 16.2. The number of hydrogen-bond acceptors (Lipinski definition) is 6. The molecule has 10 nitrogen and oxygen atoms in total. The molecule has 33 heavy (non-hydrogen) atoms. The number of amides is 1. The lowest BCUT2D eigenvalue weighted by Crippen LogP contribution is -2.20. The van der Waals surface area contributed by atoms with Crippen molar-refractivity contribution in [3.05, 3.63) is 72.3 Å². The molecule has 162 valence electrons. The van der Waals surface area contributed by atoms with E-state index in [9.17, 15) is 4.79 Å². The summed E-state index contributed by atoms with van der Waals surface area (Å²) in [5.41, 5.74) is 4.75. The van der Waals surface area contributed by atoms with Crippen molar-refractivity contribution in [3.8, 4) is 0 Å². The number of carbonyl (C=O) groups excluding carboxylic acids is 1. The maximum atomic E-state index is 12.5. The number of nitrogens with zero attached hydrogens (tertiary/aromatic N) is 4. The molecule has 10 heteroatoms. The van der Waals surface area contributed by atoms with E-state index in [1.54, 1.807) is 18.6 Å². The minimum absolute atomic E-state index is 0.233. The molecule has 2 aromatic carbocycles. The number of aliphatic imine (C=N–C) groups is 2. The van der Waals surface area contributed by atoms with E-state index < -0.39 is 0 Å². The second-order valence-corrected chi connectivity index (χ2v) is 7.74. The lowest BCUT2D eigenvalue weighted by molar-refractivity contribution is 0.102. The Morgan fingerprint density at radius 2 is 1.91 bits per heavy atom. The molecule has 1 aliphatic heterocycles. The molecule has 0 saturated carbocycles. The van der Waals surface area contributed by atoms with Crippen molar-refractivity contribution >= 4 is 50.8 Å². The molecule has 0 radical (unpaired) electrons. The van der Waals surface area contributed by atoms with Gasteiger partial charge in [-0.05, 0) is 30.3 Å². The summed E-state index contributed by atoms with van der Waals surface area (Å²) in [7, 11) is 0. The van der Waals surface area contributed by atoms with Crippen molar-refractivity contribution in [2.24, 2.45) is 9.98 Å². The molecular weight excluding hydrogens is 418 g/mol.